The van der Waals surface area contributed by atoms with Gasteiger partial charge in [0.05, 0.1) is 25.9 Å². The first-order valence-electron chi connectivity index (χ1n) is 9.21. The SMILES string of the molecule is CCC(=O)N1CCOC[C@@]2(CC[C@@H](CN(C)Cc3cccnc3)O2)C1. The zero-order chi connectivity index (χ0) is 17.7. The Bertz CT molecular complexity index is 568. The predicted octanol–water partition coefficient (Wildman–Crippen LogP) is 1.70. The Morgan fingerprint density at radius 3 is 3.16 bits per heavy atom. The summed E-state index contributed by atoms with van der Waals surface area (Å²) in [6.07, 6.45) is 6.37. The van der Waals surface area contributed by atoms with Crippen LogP contribution in [0.2, 0.25) is 0 Å². The van der Waals surface area contributed by atoms with E-state index in [0.29, 0.717) is 32.7 Å². The maximum Gasteiger partial charge on any atom is 0.222 e. The Hall–Kier alpha value is -1.50. The molecule has 2 saturated heterocycles. The van der Waals surface area contributed by atoms with Crippen LogP contribution in [0.15, 0.2) is 24.5 Å². The van der Waals surface area contributed by atoms with Crippen LogP contribution in [0, 0.1) is 0 Å². The van der Waals surface area contributed by atoms with E-state index >= 15 is 0 Å². The van der Waals surface area contributed by atoms with Crippen molar-refractivity contribution in [3.63, 3.8) is 0 Å². The van der Waals surface area contributed by atoms with Crippen molar-refractivity contribution in [2.24, 2.45) is 0 Å². The number of pyridine rings is 1. The molecule has 0 bridgehead atoms. The molecule has 0 radical (unpaired) electrons. The third kappa shape index (κ3) is 4.77. The second-order valence-corrected chi connectivity index (χ2v) is 7.24. The van der Waals surface area contributed by atoms with Crippen LogP contribution in [-0.4, -0.2) is 72.3 Å². The third-order valence-corrected chi connectivity index (χ3v) is 5.03. The number of carbonyl (C=O) groups is 1. The van der Waals surface area contributed by atoms with E-state index in [9.17, 15) is 4.79 Å². The minimum absolute atomic E-state index is 0.182. The molecule has 3 heterocycles. The van der Waals surface area contributed by atoms with Gasteiger partial charge in [0.15, 0.2) is 0 Å². The van der Waals surface area contributed by atoms with E-state index in [1.165, 1.54) is 5.56 Å². The molecule has 6 nitrogen and oxygen atoms in total. The molecule has 0 aliphatic carbocycles. The first-order valence-corrected chi connectivity index (χ1v) is 9.21. The fraction of sp³-hybridized carbons (Fsp3) is 0.684. The van der Waals surface area contributed by atoms with Crippen molar-refractivity contribution in [1.82, 2.24) is 14.8 Å². The van der Waals surface area contributed by atoms with Gasteiger partial charge in [0.1, 0.15) is 5.60 Å². The normalized spacial score (nSPS) is 27.0. The molecule has 2 atom stereocenters. The third-order valence-electron chi connectivity index (χ3n) is 5.03. The van der Waals surface area contributed by atoms with Gasteiger partial charge in [-0.3, -0.25) is 14.7 Å². The van der Waals surface area contributed by atoms with Gasteiger partial charge in [0.25, 0.3) is 0 Å². The molecule has 1 aromatic rings. The molecule has 0 aromatic carbocycles. The highest BCUT2D eigenvalue weighted by atomic mass is 16.6. The predicted molar refractivity (Wildman–Crippen MR) is 95.1 cm³/mol. The van der Waals surface area contributed by atoms with Gasteiger partial charge in [0, 0.05) is 38.4 Å². The van der Waals surface area contributed by atoms with E-state index in [2.05, 4.69) is 23.0 Å². The van der Waals surface area contributed by atoms with Crippen molar-refractivity contribution in [2.75, 3.05) is 39.9 Å². The average Bonchev–Trinajstić information content (AvgIpc) is 2.87. The second kappa shape index (κ2) is 8.25. The quantitative estimate of drug-likeness (QED) is 0.811. The van der Waals surface area contributed by atoms with Crippen molar-refractivity contribution in [1.29, 1.82) is 0 Å². The van der Waals surface area contributed by atoms with Gasteiger partial charge in [-0.2, -0.15) is 0 Å². The van der Waals surface area contributed by atoms with E-state index in [-0.39, 0.29) is 17.6 Å². The minimum Gasteiger partial charge on any atom is -0.377 e. The van der Waals surface area contributed by atoms with Gasteiger partial charge in [-0.1, -0.05) is 13.0 Å². The van der Waals surface area contributed by atoms with Crippen LogP contribution < -0.4 is 0 Å². The van der Waals surface area contributed by atoms with Crippen molar-refractivity contribution in [2.45, 2.75) is 44.4 Å². The highest BCUT2D eigenvalue weighted by Gasteiger charge is 2.43. The zero-order valence-corrected chi connectivity index (χ0v) is 15.3. The standard InChI is InChI=1S/C19H29N3O3/c1-3-18(23)22-9-10-24-15-19(14-22)7-6-17(25-19)13-21(2)12-16-5-4-8-20-11-16/h4-5,8,11,17H,3,6-7,9-10,12-15H2,1-2H3/t17-,19+/m0/s1. The topological polar surface area (TPSA) is 54.9 Å². The van der Waals surface area contributed by atoms with E-state index in [1.807, 2.05) is 24.1 Å². The molecule has 1 aromatic heterocycles. The maximum absolute atomic E-state index is 12.1. The van der Waals surface area contributed by atoms with Crippen LogP contribution in [-0.2, 0) is 20.8 Å². The molecule has 25 heavy (non-hydrogen) atoms. The number of nitrogens with zero attached hydrogens (tertiary/aromatic N) is 3. The summed E-state index contributed by atoms with van der Waals surface area (Å²) in [6.45, 7) is 6.15. The summed E-state index contributed by atoms with van der Waals surface area (Å²) in [7, 11) is 2.11. The molecule has 138 valence electrons. The molecule has 1 spiro atoms. The largest absolute Gasteiger partial charge is 0.377 e. The minimum atomic E-state index is -0.332. The van der Waals surface area contributed by atoms with Crippen LogP contribution in [0.25, 0.3) is 0 Å². The Morgan fingerprint density at radius 1 is 1.52 bits per heavy atom. The smallest absolute Gasteiger partial charge is 0.222 e. The van der Waals surface area contributed by atoms with Crippen LogP contribution in [0.3, 0.4) is 0 Å². The lowest BCUT2D eigenvalue weighted by Gasteiger charge is -2.32. The number of aromatic nitrogens is 1. The maximum atomic E-state index is 12.1. The van der Waals surface area contributed by atoms with E-state index in [1.54, 1.807) is 6.20 Å². The molecule has 2 aliphatic rings. The summed E-state index contributed by atoms with van der Waals surface area (Å²) >= 11 is 0. The van der Waals surface area contributed by atoms with Gasteiger partial charge < -0.3 is 14.4 Å². The molecule has 6 heteroatoms. The number of ether oxygens (including phenoxy) is 2. The molecule has 0 saturated carbocycles. The van der Waals surface area contributed by atoms with Gasteiger partial charge in [0.2, 0.25) is 5.91 Å². The Labute approximate surface area is 150 Å². The molecule has 1 amide bonds. The van der Waals surface area contributed by atoms with Crippen molar-refractivity contribution < 1.29 is 14.3 Å². The van der Waals surface area contributed by atoms with Gasteiger partial charge in [-0.15, -0.1) is 0 Å². The molecular weight excluding hydrogens is 318 g/mol. The second-order valence-electron chi connectivity index (χ2n) is 7.24. The molecule has 3 rings (SSSR count). The number of carbonyl (C=O) groups excluding carboxylic acids is 1. The van der Waals surface area contributed by atoms with E-state index < -0.39 is 0 Å². The highest BCUT2D eigenvalue weighted by Crippen LogP contribution is 2.33. The highest BCUT2D eigenvalue weighted by molar-refractivity contribution is 5.75. The summed E-state index contributed by atoms with van der Waals surface area (Å²) < 4.78 is 12.2. The van der Waals surface area contributed by atoms with Crippen LogP contribution in [0.1, 0.15) is 31.7 Å². The lowest BCUT2D eigenvalue weighted by atomic mass is 10.00. The van der Waals surface area contributed by atoms with Crippen LogP contribution in [0.5, 0.6) is 0 Å². The molecular formula is C19H29N3O3. The Balaban J connectivity index is 1.55. The van der Waals surface area contributed by atoms with E-state index in [4.69, 9.17) is 9.47 Å². The Morgan fingerprint density at radius 2 is 2.40 bits per heavy atom. The lowest BCUT2D eigenvalue weighted by molar-refractivity contribution is -0.136. The Kier molecular flexibility index (Phi) is 6.04. The molecule has 2 fully saturated rings. The van der Waals surface area contributed by atoms with Crippen molar-refractivity contribution >= 4 is 5.91 Å². The summed E-state index contributed by atoms with van der Waals surface area (Å²) in [5, 5.41) is 0. The lowest BCUT2D eigenvalue weighted by Crippen LogP contribution is -2.47. The average molecular weight is 347 g/mol. The van der Waals surface area contributed by atoms with Gasteiger partial charge in [-0.25, -0.2) is 0 Å². The molecule has 2 aliphatic heterocycles. The summed E-state index contributed by atoms with van der Waals surface area (Å²) in [6, 6.07) is 4.06. The van der Waals surface area contributed by atoms with Crippen molar-refractivity contribution in [3.05, 3.63) is 30.1 Å². The number of hydrogen-bond acceptors (Lipinski definition) is 5. The monoisotopic (exact) mass is 347 g/mol. The molecule has 0 unspecified atom stereocenters. The van der Waals surface area contributed by atoms with E-state index in [0.717, 1.165) is 25.9 Å². The van der Waals surface area contributed by atoms with Gasteiger partial charge >= 0.3 is 0 Å². The van der Waals surface area contributed by atoms with Gasteiger partial charge in [-0.05, 0) is 31.5 Å². The summed E-state index contributed by atoms with van der Waals surface area (Å²) in [4.78, 5) is 20.5. The first kappa shape index (κ1) is 18.3. The number of amides is 1. The fourth-order valence-electron chi connectivity index (χ4n) is 3.80. The zero-order valence-electron chi connectivity index (χ0n) is 15.3. The number of likely N-dealkylation sites (N-methyl/N-ethyl adjacent to an activating group) is 1. The van der Waals surface area contributed by atoms with Crippen molar-refractivity contribution in [3.8, 4) is 0 Å². The molecule has 0 N–H and O–H groups in total. The number of rotatable bonds is 5. The van der Waals surface area contributed by atoms with Crippen LogP contribution >= 0.6 is 0 Å². The van der Waals surface area contributed by atoms with Crippen LogP contribution in [0.4, 0.5) is 0 Å². The first-order chi connectivity index (χ1) is 12.1. The number of hydrogen-bond donors (Lipinski definition) is 0. The summed E-state index contributed by atoms with van der Waals surface area (Å²) in [5.74, 6) is 0.186. The fourth-order valence-corrected chi connectivity index (χ4v) is 3.80. The summed E-state index contributed by atoms with van der Waals surface area (Å²) in [5.41, 5.74) is 0.872.